The minimum absolute atomic E-state index is 0.384. The second-order valence-electron chi connectivity index (χ2n) is 2.87. The lowest BCUT2D eigenvalue weighted by molar-refractivity contribution is 0.277. The van der Waals surface area contributed by atoms with Crippen LogP contribution >= 0.6 is 10.3 Å². The number of rotatable bonds is 3. The van der Waals surface area contributed by atoms with Crippen molar-refractivity contribution in [3.05, 3.63) is 0 Å². The van der Waals surface area contributed by atoms with Gasteiger partial charge in [-0.2, -0.15) is 0 Å². The quantitative estimate of drug-likeness (QED) is 0.600. The molecule has 0 aliphatic rings. The van der Waals surface area contributed by atoms with E-state index in [0.29, 0.717) is 6.10 Å². The van der Waals surface area contributed by atoms with Gasteiger partial charge in [0.05, 0.1) is 6.10 Å². The van der Waals surface area contributed by atoms with E-state index in [0.717, 1.165) is 5.75 Å². The molecule has 1 nitrogen and oxygen atoms in total. The van der Waals surface area contributed by atoms with Crippen molar-refractivity contribution in [2.24, 2.45) is 0 Å². The Morgan fingerprint density at radius 3 is 1.89 bits per heavy atom. The highest BCUT2D eigenvalue weighted by Gasteiger charge is 2.09. The average Bonchev–Trinajstić information content (AvgIpc) is 1.63. The summed E-state index contributed by atoms with van der Waals surface area (Å²) in [6.45, 7) is 6.35. The predicted octanol–water partition coefficient (Wildman–Crippen LogP) is 2.41. The summed E-state index contributed by atoms with van der Waals surface area (Å²) in [7, 11) is -0.719. The Morgan fingerprint density at radius 1 is 1.33 bits per heavy atom. The lowest BCUT2D eigenvalue weighted by atomic mass is 10.5. The van der Waals surface area contributed by atoms with Gasteiger partial charge in [0.2, 0.25) is 0 Å². The van der Waals surface area contributed by atoms with Crippen molar-refractivity contribution in [3.63, 3.8) is 0 Å². The maximum atomic E-state index is 5.67. The molecule has 0 aliphatic heterocycles. The van der Waals surface area contributed by atoms with Crippen LogP contribution < -0.4 is 0 Å². The summed E-state index contributed by atoms with van der Waals surface area (Å²) in [4.78, 5) is 0. The Kier molecular flexibility index (Phi) is 3.59. The molecular weight excluding hydrogens is 132 g/mol. The summed E-state index contributed by atoms with van der Waals surface area (Å²) < 4.78 is 5.67. The molecule has 0 unspecified atom stereocenters. The van der Waals surface area contributed by atoms with E-state index in [2.05, 4.69) is 33.3 Å². The molecule has 0 aromatic heterocycles. The van der Waals surface area contributed by atoms with E-state index in [4.69, 9.17) is 4.18 Å². The Labute approximate surface area is 60.3 Å². The molecule has 0 N–H and O–H groups in total. The van der Waals surface area contributed by atoms with Crippen LogP contribution in [0.4, 0.5) is 0 Å². The summed E-state index contributed by atoms with van der Waals surface area (Å²) in [5.41, 5.74) is 0. The zero-order valence-corrected chi connectivity index (χ0v) is 7.92. The Balaban J connectivity index is 3.58. The first-order valence-electron chi connectivity index (χ1n) is 3.37. The van der Waals surface area contributed by atoms with Crippen molar-refractivity contribution < 1.29 is 4.18 Å². The van der Waals surface area contributed by atoms with Crippen molar-refractivity contribution in [2.45, 2.75) is 26.9 Å². The van der Waals surface area contributed by atoms with Crippen LogP contribution in [0.15, 0.2) is 0 Å². The van der Waals surface area contributed by atoms with Gasteiger partial charge in [-0.25, -0.2) is 0 Å². The average molecular weight is 150 g/mol. The zero-order chi connectivity index (χ0) is 7.49. The van der Waals surface area contributed by atoms with E-state index >= 15 is 0 Å². The maximum Gasteiger partial charge on any atom is 0.0644 e. The van der Waals surface area contributed by atoms with Crippen LogP contribution in [0.25, 0.3) is 0 Å². The van der Waals surface area contributed by atoms with Gasteiger partial charge in [-0.3, -0.25) is 0 Å². The van der Waals surface area contributed by atoms with Crippen LogP contribution in [0.5, 0.6) is 0 Å². The molecule has 0 bridgehead atoms. The fourth-order valence-electron chi connectivity index (χ4n) is 0.589. The SMILES string of the molecule is CCS(C)(C)OC(C)C. The molecule has 0 saturated heterocycles. The minimum atomic E-state index is -0.719. The molecule has 2 heteroatoms. The van der Waals surface area contributed by atoms with Crippen molar-refractivity contribution >= 4 is 10.3 Å². The molecule has 0 fully saturated rings. The zero-order valence-electron chi connectivity index (χ0n) is 7.10. The molecule has 0 radical (unpaired) electrons. The number of hydrogen-bond acceptors (Lipinski definition) is 1. The van der Waals surface area contributed by atoms with Gasteiger partial charge < -0.3 is 4.18 Å². The van der Waals surface area contributed by atoms with Crippen LogP contribution in [-0.2, 0) is 4.18 Å². The van der Waals surface area contributed by atoms with Crippen molar-refractivity contribution in [2.75, 3.05) is 18.3 Å². The number of hydrogen-bond donors (Lipinski definition) is 0. The highest BCUT2D eigenvalue weighted by Crippen LogP contribution is 2.41. The van der Waals surface area contributed by atoms with Crippen molar-refractivity contribution in [1.82, 2.24) is 0 Å². The van der Waals surface area contributed by atoms with Crippen molar-refractivity contribution in [1.29, 1.82) is 0 Å². The first kappa shape index (κ1) is 9.31. The summed E-state index contributed by atoms with van der Waals surface area (Å²) in [5, 5.41) is 0. The first-order valence-corrected chi connectivity index (χ1v) is 5.91. The maximum absolute atomic E-state index is 5.67. The fraction of sp³-hybridized carbons (Fsp3) is 1.00. The van der Waals surface area contributed by atoms with E-state index in [-0.39, 0.29) is 0 Å². The van der Waals surface area contributed by atoms with Gasteiger partial charge >= 0.3 is 0 Å². The largest absolute Gasteiger partial charge is 0.335 e. The van der Waals surface area contributed by atoms with E-state index in [9.17, 15) is 0 Å². The summed E-state index contributed by atoms with van der Waals surface area (Å²) in [5.74, 6) is 1.16. The first-order chi connectivity index (χ1) is 3.98. The monoisotopic (exact) mass is 150 g/mol. The molecule has 0 amide bonds. The molecule has 0 aliphatic carbocycles. The smallest absolute Gasteiger partial charge is 0.0644 e. The van der Waals surface area contributed by atoms with Gasteiger partial charge in [-0.05, 0) is 32.1 Å². The lowest BCUT2D eigenvalue weighted by Crippen LogP contribution is -2.09. The van der Waals surface area contributed by atoms with Crippen LogP contribution in [0, 0.1) is 0 Å². The van der Waals surface area contributed by atoms with Crippen molar-refractivity contribution in [3.8, 4) is 0 Å². The Bertz CT molecular complexity index is 79.0. The lowest BCUT2D eigenvalue weighted by Gasteiger charge is -2.31. The standard InChI is InChI=1S/C7H18OS/c1-6-9(4,5)8-7(2)3/h7H,6H2,1-5H3. The molecule has 0 spiro atoms. The molecule has 0 aromatic rings. The van der Waals surface area contributed by atoms with Gasteiger partial charge in [0.1, 0.15) is 0 Å². The third-order valence-corrected chi connectivity index (χ3v) is 3.44. The third kappa shape index (κ3) is 4.79. The van der Waals surface area contributed by atoms with Crippen LogP contribution in [-0.4, -0.2) is 24.4 Å². The van der Waals surface area contributed by atoms with Gasteiger partial charge in [0.25, 0.3) is 0 Å². The molecular formula is C7H18OS. The Morgan fingerprint density at radius 2 is 1.78 bits per heavy atom. The Hall–Kier alpha value is 0.310. The highest BCUT2D eigenvalue weighted by atomic mass is 32.3. The second kappa shape index (κ2) is 3.47. The van der Waals surface area contributed by atoms with Gasteiger partial charge in [0.15, 0.2) is 0 Å². The molecule has 0 heterocycles. The molecule has 58 valence electrons. The minimum Gasteiger partial charge on any atom is -0.335 e. The van der Waals surface area contributed by atoms with Gasteiger partial charge in [0, 0.05) is 0 Å². The topological polar surface area (TPSA) is 9.23 Å². The van der Waals surface area contributed by atoms with E-state index < -0.39 is 10.3 Å². The van der Waals surface area contributed by atoms with Crippen LogP contribution in [0.2, 0.25) is 0 Å². The fourth-order valence-corrected chi connectivity index (χ4v) is 1.77. The van der Waals surface area contributed by atoms with E-state index in [1.165, 1.54) is 0 Å². The molecule has 0 rings (SSSR count). The summed E-state index contributed by atoms with van der Waals surface area (Å²) >= 11 is 0. The van der Waals surface area contributed by atoms with Gasteiger partial charge in [-0.1, -0.05) is 6.92 Å². The summed E-state index contributed by atoms with van der Waals surface area (Å²) in [6, 6.07) is 0. The normalized spacial score (nSPS) is 14.4. The van der Waals surface area contributed by atoms with Gasteiger partial charge in [-0.15, -0.1) is 10.3 Å². The van der Waals surface area contributed by atoms with E-state index in [1.807, 2.05) is 0 Å². The molecule has 0 atom stereocenters. The molecule has 0 aromatic carbocycles. The summed E-state index contributed by atoms with van der Waals surface area (Å²) in [6.07, 6.45) is 4.79. The van der Waals surface area contributed by atoms with Crippen LogP contribution in [0.1, 0.15) is 20.8 Å². The van der Waals surface area contributed by atoms with E-state index in [1.54, 1.807) is 0 Å². The predicted molar refractivity (Wildman–Crippen MR) is 46.2 cm³/mol. The highest BCUT2D eigenvalue weighted by molar-refractivity contribution is 8.28. The third-order valence-electron chi connectivity index (χ3n) is 1.15. The molecule has 0 saturated carbocycles. The second-order valence-corrected chi connectivity index (χ2v) is 6.51. The van der Waals surface area contributed by atoms with Crippen LogP contribution in [0.3, 0.4) is 0 Å². The molecule has 9 heavy (non-hydrogen) atoms.